The van der Waals surface area contributed by atoms with Gasteiger partial charge in [0.05, 0.1) is 17.9 Å². The predicted octanol–water partition coefficient (Wildman–Crippen LogP) is 2.75. The van der Waals surface area contributed by atoms with Crippen molar-refractivity contribution in [3.8, 4) is 0 Å². The number of hydrogen-bond donors (Lipinski definition) is 2. The van der Waals surface area contributed by atoms with Crippen LogP contribution in [0.2, 0.25) is 0 Å². The average Bonchev–Trinajstić information content (AvgIpc) is 3.13. The molecule has 2 aliphatic carbocycles. The van der Waals surface area contributed by atoms with Gasteiger partial charge in [0.25, 0.3) is 0 Å². The Morgan fingerprint density at radius 1 is 1.10 bits per heavy atom. The number of carbonyl (C=O) groups is 2. The minimum atomic E-state index is -0.854. The van der Waals surface area contributed by atoms with Crippen LogP contribution < -0.4 is 5.32 Å². The van der Waals surface area contributed by atoms with E-state index in [1.54, 1.807) is 0 Å². The zero-order valence-corrected chi connectivity index (χ0v) is 12.0. The third-order valence-electron chi connectivity index (χ3n) is 4.77. The van der Waals surface area contributed by atoms with Crippen LogP contribution in [0.4, 0.5) is 0 Å². The van der Waals surface area contributed by atoms with Crippen molar-refractivity contribution in [1.82, 2.24) is 5.32 Å². The number of carboxylic acids is 1. The van der Waals surface area contributed by atoms with E-state index in [1.165, 1.54) is 12.8 Å². The van der Waals surface area contributed by atoms with Gasteiger partial charge in [-0.05, 0) is 30.7 Å². The third kappa shape index (κ3) is 3.09. The van der Waals surface area contributed by atoms with Gasteiger partial charge in [-0.15, -0.1) is 0 Å². The first-order valence-corrected chi connectivity index (χ1v) is 7.75. The van der Waals surface area contributed by atoms with E-state index in [4.69, 9.17) is 5.11 Å². The van der Waals surface area contributed by atoms with Gasteiger partial charge < -0.3 is 10.4 Å². The standard InChI is InChI=1S/C17H21NO3/c19-16(13-10-14(13)17(20)21)18-15(12-8-4-5-9-12)11-6-2-1-3-7-11/h1-3,6-7,12-15H,4-5,8-10H2,(H,18,19)(H,20,21). The van der Waals surface area contributed by atoms with Gasteiger partial charge in [0, 0.05) is 0 Å². The molecule has 1 aromatic carbocycles. The number of aliphatic carboxylic acids is 1. The summed E-state index contributed by atoms with van der Waals surface area (Å²) in [5.41, 5.74) is 1.13. The predicted molar refractivity (Wildman–Crippen MR) is 78.5 cm³/mol. The molecule has 3 rings (SSSR count). The van der Waals surface area contributed by atoms with Crippen LogP contribution in [-0.2, 0) is 9.59 Å². The minimum absolute atomic E-state index is 0.0243. The molecule has 0 spiro atoms. The maximum Gasteiger partial charge on any atom is 0.307 e. The maximum absolute atomic E-state index is 12.3. The molecule has 0 bridgehead atoms. The Bertz CT molecular complexity index is 522. The molecule has 3 atom stereocenters. The monoisotopic (exact) mass is 287 g/mol. The molecule has 0 saturated heterocycles. The lowest BCUT2D eigenvalue weighted by atomic mass is 9.91. The van der Waals surface area contributed by atoms with E-state index in [0.29, 0.717) is 12.3 Å². The normalized spacial score (nSPS) is 26.3. The van der Waals surface area contributed by atoms with Crippen LogP contribution in [0.3, 0.4) is 0 Å². The summed E-state index contributed by atoms with van der Waals surface area (Å²) in [4.78, 5) is 23.2. The van der Waals surface area contributed by atoms with Crippen molar-refractivity contribution in [2.75, 3.05) is 0 Å². The minimum Gasteiger partial charge on any atom is -0.481 e. The van der Waals surface area contributed by atoms with E-state index in [-0.39, 0.29) is 17.9 Å². The van der Waals surface area contributed by atoms with Crippen molar-refractivity contribution in [2.45, 2.75) is 38.1 Å². The Balaban J connectivity index is 1.71. The number of nitrogens with one attached hydrogen (secondary N) is 1. The van der Waals surface area contributed by atoms with Crippen molar-refractivity contribution < 1.29 is 14.7 Å². The first-order valence-electron chi connectivity index (χ1n) is 7.75. The van der Waals surface area contributed by atoms with Crippen molar-refractivity contribution in [1.29, 1.82) is 0 Å². The molecule has 0 radical (unpaired) electrons. The second kappa shape index (κ2) is 5.88. The molecule has 1 amide bonds. The van der Waals surface area contributed by atoms with Gasteiger partial charge in [-0.1, -0.05) is 43.2 Å². The number of carbonyl (C=O) groups excluding carboxylic acids is 1. The van der Waals surface area contributed by atoms with Crippen LogP contribution in [0.15, 0.2) is 30.3 Å². The SMILES string of the molecule is O=C(O)C1CC1C(=O)NC(c1ccccc1)C1CCCC1. The van der Waals surface area contributed by atoms with Crippen molar-refractivity contribution in [3.05, 3.63) is 35.9 Å². The first-order chi connectivity index (χ1) is 10.2. The van der Waals surface area contributed by atoms with E-state index in [9.17, 15) is 9.59 Å². The Labute approximate surface area is 124 Å². The second-order valence-corrected chi connectivity index (χ2v) is 6.23. The smallest absolute Gasteiger partial charge is 0.307 e. The molecule has 2 saturated carbocycles. The van der Waals surface area contributed by atoms with E-state index < -0.39 is 11.9 Å². The summed E-state index contributed by atoms with van der Waals surface area (Å²) in [7, 11) is 0. The van der Waals surface area contributed by atoms with Gasteiger partial charge in [0.15, 0.2) is 0 Å². The topological polar surface area (TPSA) is 66.4 Å². The lowest BCUT2D eigenvalue weighted by Crippen LogP contribution is -2.34. The zero-order chi connectivity index (χ0) is 14.8. The second-order valence-electron chi connectivity index (χ2n) is 6.23. The van der Waals surface area contributed by atoms with Gasteiger partial charge in [0.1, 0.15) is 0 Å². The third-order valence-corrected chi connectivity index (χ3v) is 4.77. The summed E-state index contributed by atoms with van der Waals surface area (Å²) in [6.07, 6.45) is 5.17. The Morgan fingerprint density at radius 2 is 1.76 bits per heavy atom. The maximum atomic E-state index is 12.3. The molecule has 2 N–H and O–H groups in total. The van der Waals surface area contributed by atoms with Gasteiger partial charge in [0.2, 0.25) is 5.91 Å². The number of hydrogen-bond acceptors (Lipinski definition) is 2. The van der Waals surface area contributed by atoms with E-state index >= 15 is 0 Å². The fraction of sp³-hybridized carbons (Fsp3) is 0.529. The molecule has 0 aromatic heterocycles. The number of rotatable bonds is 5. The Morgan fingerprint density at radius 3 is 2.33 bits per heavy atom. The van der Waals surface area contributed by atoms with E-state index in [0.717, 1.165) is 18.4 Å². The van der Waals surface area contributed by atoms with Crippen LogP contribution >= 0.6 is 0 Å². The highest BCUT2D eigenvalue weighted by Crippen LogP contribution is 2.41. The van der Waals surface area contributed by atoms with Crippen molar-refractivity contribution >= 4 is 11.9 Å². The van der Waals surface area contributed by atoms with E-state index in [2.05, 4.69) is 5.32 Å². The molecule has 2 fully saturated rings. The first kappa shape index (κ1) is 14.1. The van der Waals surface area contributed by atoms with Crippen LogP contribution in [0.25, 0.3) is 0 Å². The molecule has 2 aliphatic rings. The average molecular weight is 287 g/mol. The highest BCUT2D eigenvalue weighted by Gasteiger charge is 2.49. The summed E-state index contributed by atoms with van der Waals surface area (Å²) in [6.45, 7) is 0. The largest absolute Gasteiger partial charge is 0.481 e. The number of amides is 1. The van der Waals surface area contributed by atoms with Gasteiger partial charge >= 0.3 is 5.97 Å². The van der Waals surface area contributed by atoms with Crippen LogP contribution in [-0.4, -0.2) is 17.0 Å². The summed E-state index contributed by atoms with van der Waals surface area (Å²) >= 11 is 0. The summed E-state index contributed by atoms with van der Waals surface area (Å²) in [5, 5.41) is 12.1. The molecule has 112 valence electrons. The van der Waals surface area contributed by atoms with E-state index in [1.807, 2.05) is 30.3 Å². The molecule has 1 aromatic rings. The van der Waals surface area contributed by atoms with Crippen LogP contribution in [0, 0.1) is 17.8 Å². The molecule has 0 heterocycles. The molecular formula is C17H21NO3. The molecule has 0 aliphatic heterocycles. The van der Waals surface area contributed by atoms with Gasteiger partial charge in [-0.25, -0.2) is 0 Å². The van der Waals surface area contributed by atoms with Gasteiger partial charge in [-0.2, -0.15) is 0 Å². The summed E-state index contributed by atoms with van der Waals surface area (Å²) < 4.78 is 0. The fourth-order valence-electron chi connectivity index (χ4n) is 3.44. The van der Waals surface area contributed by atoms with Gasteiger partial charge in [-0.3, -0.25) is 9.59 Å². The molecule has 4 nitrogen and oxygen atoms in total. The zero-order valence-electron chi connectivity index (χ0n) is 12.0. The number of benzene rings is 1. The Hall–Kier alpha value is -1.84. The fourth-order valence-corrected chi connectivity index (χ4v) is 3.44. The Kier molecular flexibility index (Phi) is 3.95. The molecule has 3 unspecified atom stereocenters. The van der Waals surface area contributed by atoms with Crippen LogP contribution in [0.1, 0.15) is 43.7 Å². The lowest BCUT2D eigenvalue weighted by molar-refractivity contribution is -0.140. The molecule has 4 heteroatoms. The number of carboxylic acid groups (broad SMARTS) is 1. The van der Waals surface area contributed by atoms with Crippen LogP contribution in [0.5, 0.6) is 0 Å². The summed E-state index contributed by atoms with van der Waals surface area (Å²) in [6, 6.07) is 10.1. The lowest BCUT2D eigenvalue weighted by Gasteiger charge is -2.25. The highest BCUT2D eigenvalue weighted by molar-refractivity contribution is 5.89. The molecule has 21 heavy (non-hydrogen) atoms. The van der Waals surface area contributed by atoms with Crippen molar-refractivity contribution in [3.63, 3.8) is 0 Å². The summed E-state index contributed by atoms with van der Waals surface area (Å²) in [5.74, 6) is -1.30. The molecular weight excluding hydrogens is 266 g/mol. The highest BCUT2D eigenvalue weighted by atomic mass is 16.4. The van der Waals surface area contributed by atoms with Crippen molar-refractivity contribution in [2.24, 2.45) is 17.8 Å². The quantitative estimate of drug-likeness (QED) is 0.875.